The zero-order chi connectivity index (χ0) is 19.3. The van der Waals surface area contributed by atoms with Crippen molar-refractivity contribution in [1.82, 2.24) is 19.9 Å². The quantitative estimate of drug-likeness (QED) is 0.636. The van der Waals surface area contributed by atoms with Gasteiger partial charge in [-0.05, 0) is 35.7 Å². The van der Waals surface area contributed by atoms with Crippen LogP contribution in [0.1, 0.15) is 17.2 Å². The largest absolute Gasteiger partial charge is 0.340 e. The Labute approximate surface area is 166 Å². The summed E-state index contributed by atoms with van der Waals surface area (Å²) in [5.41, 5.74) is 0.685. The number of nitrogens with zero attached hydrogens (tertiary/aromatic N) is 4. The van der Waals surface area contributed by atoms with Gasteiger partial charge in [-0.25, -0.2) is 4.39 Å². The Morgan fingerprint density at radius 3 is 2.64 bits per heavy atom. The van der Waals surface area contributed by atoms with Gasteiger partial charge in [-0.3, -0.25) is 9.69 Å². The highest BCUT2D eigenvalue weighted by Gasteiger charge is 2.22. The Morgan fingerprint density at radius 2 is 1.93 bits per heavy atom. The van der Waals surface area contributed by atoms with Gasteiger partial charge < -0.3 is 9.42 Å². The van der Waals surface area contributed by atoms with E-state index in [0.717, 1.165) is 32.7 Å². The van der Waals surface area contributed by atoms with Gasteiger partial charge in [-0.2, -0.15) is 4.98 Å². The fourth-order valence-corrected chi connectivity index (χ4v) is 3.97. The molecule has 3 aromatic rings. The predicted molar refractivity (Wildman–Crippen MR) is 104 cm³/mol. The normalized spacial score (nSPS) is 15.1. The molecule has 8 heteroatoms. The van der Waals surface area contributed by atoms with Crippen molar-refractivity contribution in [2.45, 2.75) is 19.4 Å². The maximum absolute atomic E-state index is 13.0. The summed E-state index contributed by atoms with van der Waals surface area (Å²) in [6, 6.07) is 10.1. The molecule has 1 fully saturated rings. The van der Waals surface area contributed by atoms with Gasteiger partial charge in [0.25, 0.3) is 0 Å². The summed E-state index contributed by atoms with van der Waals surface area (Å²) >= 11 is 1.77. The number of carbonyl (C=O) groups is 1. The second kappa shape index (κ2) is 8.62. The first-order valence-electron chi connectivity index (χ1n) is 9.28. The minimum Gasteiger partial charge on any atom is -0.340 e. The van der Waals surface area contributed by atoms with E-state index in [-0.39, 0.29) is 11.7 Å². The fraction of sp³-hybridized carbons (Fsp3) is 0.350. The van der Waals surface area contributed by atoms with Crippen molar-refractivity contribution in [2.75, 3.05) is 26.2 Å². The maximum Gasteiger partial charge on any atom is 0.227 e. The summed E-state index contributed by atoms with van der Waals surface area (Å²) in [5, 5.41) is 6.00. The number of carbonyl (C=O) groups excluding carboxylic acids is 1. The molecular formula is C20H21FN4O2S. The zero-order valence-electron chi connectivity index (χ0n) is 15.4. The molecule has 2 aromatic heterocycles. The van der Waals surface area contributed by atoms with Crippen molar-refractivity contribution in [3.63, 3.8) is 0 Å². The number of amides is 1. The third kappa shape index (κ3) is 4.63. The van der Waals surface area contributed by atoms with Crippen molar-refractivity contribution in [1.29, 1.82) is 0 Å². The van der Waals surface area contributed by atoms with E-state index in [1.54, 1.807) is 23.5 Å². The number of rotatable bonds is 6. The number of benzene rings is 1. The van der Waals surface area contributed by atoms with Crippen LogP contribution >= 0.6 is 11.3 Å². The summed E-state index contributed by atoms with van der Waals surface area (Å²) in [6.07, 6.45) is 0.748. The molecule has 3 heterocycles. The minimum atomic E-state index is -0.312. The van der Waals surface area contributed by atoms with E-state index in [1.165, 1.54) is 17.0 Å². The van der Waals surface area contributed by atoms with Crippen molar-refractivity contribution in [2.24, 2.45) is 0 Å². The van der Waals surface area contributed by atoms with E-state index in [0.29, 0.717) is 30.1 Å². The molecule has 0 unspecified atom stereocenters. The highest BCUT2D eigenvalue weighted by atomic mass is 32.1. The average Bonchev–Trinajstić information content (AvgIpc) is 3.39. The molecule has 0 spiro atoms. The van der Waals surface area contributed by atoms with E-state index in [1.807, 2.05) is 4.90 Å². The number of hydrogen-bond donors (Lipinski definition) is 0. The molecule has 0 aliphatic carbocycles. The minimum absolute atomic E-state index is 0.109. The van der Waals surface area contributed by atoms with Crippen LogP contribution in [0.4, 0.5) is 4.39 Å². The average molecular weight is 400 g/mol. The Bertz CT molecular complexity index is 903. The van der Waals surface area contributed by atoms with Crippen LogP contribution in [0.3, 0.4) is 0 Å². The summed E-state index contributed by atoms with van der Waals surface area (Å²) in [4.78, 5) is 22.4. The Kier molecular flexibility index (Phi) is 5.78. The lowest BCUT2D eigenvalue weighted by Gasteiger charge is -2.34. The molecule has 28 heavy (non-hydrogen) atoms. The Morgan fingerprint density at radius 1 is 1.14 bits per heavy atom. The van der Waals surface area contributed by atoms with Gasteiger partial charge >= 0.3 is 0 Å². The van der Waals surface area contributed by atoms with Crippen LogP contribution < -0.4 is 0 Å². The second-order valence-corrected chi connectivity index (χ2v) is 7.79. The smallest absolute Gasteiger partial charge is 0.227 e. The molecule has 0 atom stereocenters. The summed E-state index contributed by atoms with van der Waals surface area (Å²) in [7, 11) is 0. The van der Waals surface area contributed by atoms with Gasteiger partial charge in [-0.15, -0.1) is 11.3 Å². The van der Waals surface area contributed by atoms with Crippen LogP contribution in [-0.2, 0) is 17.8 Å². The standard InChI is InChI=1S/C20H21FN4O2S/c21-16-5-3-15(4-6-16)20-22-18(27-23-20)7-8-19(26)25-11-9-24(10-12-25)14-17-2-1-13-28-17/h1-6,13H,7-12,14H2. The number of halogens is 1. The van der Waals surface area contributed by atoms with Crippen molar-refractivity contribution >= 4 is 17.2 Å². The molecule has 0 N–H and O–H groups in total. The van der Waals surface area contributed by atoms with Crippen molar-refractivity contribution in [3.05, 3.63) is 58.4 Å². The highest BCUT2D eigenvalue weighted by Crippen LogP contribution is 2.17. The second-order valence-electron chi connectivity index (χ2n) is 6.75. The van der Waals surface area contributed by atoms with Gasteiger partial charge in [0.2, 0.25) is 17.6 Å². The molecule has 0 radical (unpaired) electrons. The lowest BCUT2D eigenvalue weighted by Crippen LogP contribution is -2.48. The maximum atomic E-state index is 13.0. The van der Waals surface area contributed by atoms with Crippen LogP contribution in [0.25, 0.3) is 11.4 Å². The Balaban J connectivity index is 1.24. The fourth-order valence-electron chi connectivity index (χ4n) is 3.22. The summed E-state index contributed by atoms with van der Waals surface area (Å²) in [6.45, 7) is 4.22. The third-order valence-electron chi connectivity index (χ3n) is 4.81. The number of hydrogen-bond acceptors (Lipinski definition) is 6. The predicted octanol–water partition coefficient (Wildman–Crippen LogP) is 3.21. The molecule has 146 valence electrons. The lowest BCUT2D eigenvalue weighted by molar-refractivity contribution is -0.133. The topological polar surface area (TPSA) is 62.5 Å². The molecule has 1 saturated heterocycles. The first kappa shape index (κ1) is 18.8. The molecular weight excluding hydrogens is 379 g/mol. The molecule has 1 aliphatic rings. The number of thiophene rings is 1. The van der Waals surface area contributed by atoms with Crippen LogP contribution in [0, 0.1) is 5.82 Å². The lowest BCUT2D eigenvalue weighted by atomic mass is 10.2. The molecule has 0 bridgehead atoms. The highest BCUT2D eigenvalue weighted by molar-refractivity contribution is 7.09. The molecule has 1 amide bonds. The van der Waals surface area contributed by atoms with Gasteiger partial charge in [0.05, 0.1) is 0 Å². The molecule has 0 saturated carbocycles. The van der Waals surface area contributed by atoms with Crippen LogP contribution in [0.5, 0.6) is 0 Å². The molecule has 4 rings (SSSR count). The monoisotopic (exact) mass is 400 g/mol. The zero-order valence-corrected chi connectivity index (χ0v) is 16.2. The molecule has 1 aliphatic heterocycles. The van der Waals surface area contributed by atoms with Gasteiger partial charge in [0.15, 0.2) is 0 Å². The first-order valence-corrected chi connectivity index (χ1v) is 10.2. The van der Waals surface area contributed by atoms with E-state index in [4.69, 9.17) is 4.52 Å². The number of aryl methyl sites for hydroxylation is 1. The van der Waals surface area contributed by atoms with E-state index in [9.17, 15) is 9.18 Å². The summed E-state index contributed by atoms with van der Waals surface area (Å²) < 4.78 is 18.2. The van der Waals surface area contributed by atoms with Crippen molar-refractivity contribution < 1.29 is 13.7 Å². The molecule has 6 nitrogen and oxygen atoms in total. The van der Waals surface area contributed by atoms with Crippen LogP contribution in [0.2, 0.25) is 0 Å². The van der Waals surface area contributed by atoms with Crippen molar-refractivity contribution in [3.8, 4) is 11.4 Å². The number of aromatic nitrogens is 2. The third-order valence-corrected chi connectivity index (χ3v) is 5.67. The van der Waals surface area contributed by atoms with E-state index in [2.05, 4.69) is 32.6 Å². The first-order chi connectivity index (χ1) is 13.7. The van der Waals surface area contributed by atoms with Crippen LogP contribution in [0.15, 0.2) is 46.3 Å². The van der Waals surface area contributed by atoms with Gasteiger partial charge in [0, 0.05) is 56.0 Å². The Hall–Kier alpha value is -2.58. The number of piperazine rings is 1. The molecule has 1 aromatic carbocycles. The van der Waals surface area contributed by atoms with E-state index < -0.39 is 0 Å². The SMILES string of the molecule is O=C(CCc1nc(-c2ccc(F)cc2)no1)N1CCN(Cc2cccs2)CC1. The van der Waals surface area contributed by atoms with Gasteiger partial charge in [0.1, 0.15) is 5.82 Å². The van der Waals surface area contributed by atoms with Crippen LogP contribution in [-0.4, -0.2) is 52.0 Å². The summed E-state index contributed by atoms with van der Waals surface area (Å²) in [5.74, 6) is 0.625. The van der Waals surface area contributed by atoms with Gasteiger partial charge in [-0.1, -0.05) is 11.2 Å². The van der Waals surface area contributed by atoms with E-state index >= 15 is 0 Å².